The van der Waals surface area contributed by atoms with Crippen LogP contribution in [0.5, 0.6) is 0 Å². The largest absolute Gasteiger partial charge is 0.379 e. The highest BCUT2D eigenvalue weighted by molar-refractivity contribution is 6.03. The van der Waals surface area contributed by atoms with Gasteiger partial charge in [0.05, 0.1) is 30.2 Å². The number of carbonyl (C=O) groups is 1. The highest BCUT2D eigenvalue weighted by Gasteiger charge is 2.19. The molecule has 0 radical (unpaired) electrons. The first-order valence-corrected chi connectivity index (χ1v) is 8.23. The molecule has 0 spiro atoms. The van der Waals surface area contributed by atoms with Crippen molar-refractivity contribution in [2.45, 2.75) is 12.5 Å². The van der Waals surface area contributed by atoms with E-state index in [-0.39, 0.29) is 11.9 Å². The molecular formula is C18H19N5O2. The highest BCUT2D eigenvalue weighted by Crippen LogP contribution is 2.21. The SMILES string of the molecule is Cn1nc(-c2ccccc2)cc1C(=O)Nc1cnn([C@@H]2CCOC2)c1. The van der Waals surface area contributed by atoms with Crippen LogP contribution in [-0.2, 0) is 11.8 Å². The van der Waals surface area contributed by atoms with Gasteiger partial charge in [-0.15, -0.1) is 0 Å². The summed E-state index contributed by atoms with van der Waals surface area (Å²) in [4.78, 5) is 12.6. The van der Waals surface area contributed by atoms with Crippen LogP contribution >= 0.6 is 0 Å². The number of amides is 1. The van der Waals surface area contributed by atoms with E-state index >= 15 is 0 Å². The standard InChI is InChI=1S/C18H19N5O2/c1-22-17(9-16(21-22)13-5-3-2-4-6-13)18(24)20-14-10-19-23(11-14)15-7-8-25-12-15/h2-6,9-11,15H,7-8,12H2,1H3,(H,20,24)/t15-/m1/s1. The molecule has 3 heterocycles. The van der Waals surface area contributed by atoms with E-state index in [0.29, 0.717) is 18.0 Å². The number of hydrogen-bond acceptors (Lipinski definition) is 4. The number of benzene rings is 1. The summed E-state index contributed by atoms with van der Waals surface area (Å²) < 4.78 is 8.81. The highest BCUT2D eigenvalue weighted by atomic mass is 16.5. The Morgan fingerprint density at radius 2 is 2.16 bits per heavy atom. The quantitative estimate of drug-likeness (QED) is 0.794. The van der Waals surface area contributed by atoms with Crippen molar-refractivity contribution in [3.8, 4) is 11.3 Å². The molecule has 1 N–H and O–H groups in total. The van der Waals surface area contributed by atoms with Crippen molar-refractivity contribution in [2.24, 2.45) is 7.05 Å². The van der Waals surface area contributed by atoms with Gasteiger partial charge >= 0.3 is 0 Å². The minimum Gasteiger partial charge on any atom is -0.379 e. The fourth-order valence-corrected chi connectivity index (χ4v) is 2.96. The van der Waals surface area contributed by atoms with E-state index < -0.39 is 0 Å². The van der Waals surface area contributed by atoms with Gasteiger partial charge in [-0.3, -0.25) is 14.2 Å². The monoisotopic (exact) mass is 337 g/mol. The molecule has 1 amide bonds. The van der Waals surface area contributed by atoms with Crippen LogP contribution in [0, 0.1) is 0 Å². The van der Waals surface area contributed by atoms with Crippen LogP contribution in [0.15, 0.2) is 48.8 Å². The fraction of sp³-hybridized carbons (Fsp3) is 0.278. The smallest absolute Gasteiger partial charge is 0.274 e. The number of carbonyl (C=O) groups excluding carboxylic acids is 1. The van der Waals surface area contributed by atoms with Crippen LogP contribution in [0.2, 0.25) is 0 Å². The Labute approximate surface area is 145 Å². The number of hydrogen-bond donors (Lipinski definition) is 1. The first-order valence-electron chi connectivity index (χ1n) is 8.23. The number of nitrogens with zero attached hydrogens (tertiary/aromatic N) is 4. The van der Waals surface area contributed by atoms with Crippen molar-refractivity contribution in [1.29, 1.82) is 0 Å². The third-order valence-corrected chi connectivity index (χ3v) is 4.32. The number of rotatable bonds is 4. The maximum absolute atomic E-state index is 12.6. The van der Waals surface area contributed by atoms with Crippen LogP contribution in [0.25, 0.3) is 11.3 Å². The number of ether oxygens (including phenoxy) is 1. The summed E-state index contributed by atoms with van der Waals surface area (Å²) in [6, 6.07) is 11.8. The zero-order chi connectivity index (χ0) is 17.2. The number of aryl methyl sites for hydroxylation is 1. The minimum absolute atomic E-state index is 0.209. The van der Waals surface area contributed by atoms with E-state index in [2.05, 4.69) is 15.5 Å². The van der Waals surface area contributed by atoms with Crippen molar-refractivity contribution in [2.75, 3.05) is 18.5 Å². The van der Waals surface area contributed by atoms with Crippen molar-refractivity contribution in [1.82, 2.24) is 19.6 Å². The van der Waals surface area contributed by atoms with Gasteiger partial charge in [-0.1, -0.05) is 30.3 Å². The third kappa shape index (κ3) is 3.18. The van der Waals surface area contributed by atoms with Gasteiger partial charge < -0.3 is 10.1 Å². The number of anilines is 1. The molecule has 2 aromatic heterocycles. The van der Waals surface area contributed by atoms with E-state index in [1.54, 1.807) is 24.0 Å². The predicted molar refractivity (Wildman–Crippen MR) is 93.3 cm³/mol. The molecular weight excluding hydrogens is 318 g/mol. The summed E-state index contributed by atoms with van der Waals surface area (Å²) in [5, 5.41) is 11.6. The second kappa shape index (κ2) is 6.52. The summed E-state index contributed by atoms with van der Waals surface area (Å²) in [6.07, 6.45) is 4.44. The lowest BCUT2D eigenvalue weighted by Crippen LogP contribution is -2.15. The molecule has 0 aliphatic carbocycles. The maximum atomic E-state index is 12.6. The van der Waals surface area contributed by atoms with E-state index in [1.165, 1.54) is 0 Å². The molecule has 1 aromatic carbocycles. The summed E-state index contributed by atoms with van der Waals surface area (Å²) in [5.74, 6) is -0.209. The van der Waals surface area contributed by atoms with Gasteiger partial charge in [0.15, 0.2) is 0 Å². The molecule has 7 nitrogen and oxygen atoms in total. The van der Waals surface area contributed by atoms with E-state index in [9.17, 15) is 4.79 Å². The van der Waals surface area contributed by atoms with Crippen LogP contribution in [0.3, 0.4) is 0 Å². The molecule has 4 rings (SSSR count). The van der Waals surface area contributed by atoms with E-state index in [4.69, 9.17) is 4.74 Å². The maximum Gasteiger partial charge on any atom is 0.274 e. The van der Waals surface area contributed by atoms with Gasteiger partial charge in [-0.25, -0.2) is 0 Å². The number of nitrogens with one attached hydrogen (secondary N) is 1. The molecule has 1 fully saturated rings. The van der Waals surface area contributed by atoms with Gasteiger partial charge in [-0.2, -0.15) is 10.2 Å². The van der Waals surface area contributed by atoms with Crippen molar-refractivity contribution < 1.29 is 9.53 Å². The van der Waals surface area contributed by atoms with Crippen molar-refractivity contribution >= 4 is 11.6 Å². The molecule has 1 saturated heterocycles. The first-order chi connectivity index (χ1) is 12.2. The summed E-state index contributed by atoms with van der Waals surface area (Å²) >= 11 is 0. The normalized spacial score (nSPS) is 16.9. The van der Waals surface area contributed by atoms with Crippen LogP contribution in [-0.4, -0.2) is 38.7 Å². The lowest BCUT2D eigenvalue weighted by molar-refractivity contribution is 0.101. The molecule has 1 atom stereocenters. The van der Waals surface area contributed by atoms with Crippen molar-refractivity contribution in [3.05, 3.63) is 54.5 Å². The zero-order valence-corrected chi connectivity index (χ0v) is 13.9. The molecule has 25 heavy (non-hydrogen) atoms. The second-order valence-electron chi connectivity index (χ2n) is 6.09. The Morgan fingerprint density at radius 1 is 1.32 bits per heavy atom. The molecule has 0 unspecified atom stereocenters. The van der Waals surface area contributed by atoms with Gasteiger partial charge in [0, 0.05) is 25.4 Å². The molecule has 128 valence electrons. The molecule has 0 saturated carbocycles. The minimum atomic E-state index is -0.209. The first kappa shape index (κ1) is 15.6. The average Bonchev–Trinajstić information content (AvgIpc) is 3.35. The fourth-order valence-electron chi connectivity index (χ4n) is 2.96. The lowest BCUT2D eigenvalue weighted by atomic mass is 10.1. The molecule has 3 aromatic rings. The lowest BCUT2D eigenvalue weighted by Gasteiger charge is -2.07. The Kier molecular flexibility index (Phi) is 4.07. The Hall–Kier alpha value is -2.93. The van der Waals surface area contributed by atoms with Crippen LogP contribution in [0.4, 0.5) is 5.69 Å². The van der Waals surface area contributed by atoms with E-state index in [0.717, 1.165) is 24.3 Å². The van der Waals surface area contributed by atoms with E-state index in [1.807, 2.05) is 41.2 Å². The molecule has 1 aliphatic rings. The Morgan fingerprint density at radius 3 is 2.92 bits per heavy atom. The summed E-state index contributed by atoms with van der Waals surface area (Å²) in [7, 11) is 1.76. The topological polar surface area (TPSA) is 74.0 Å². The Balaban J connectivity index is 1.51. The zero-order valence-electron chi connectivity index (χ0n) is 13.9. The molecule has 1 aliphatic heterocycles. The Bertz CT molecular complexity index is 878. The second-order valence-corrected chi connectivity index (χ2v) is 6.09. The van der Waals surface area contributed by atoms with Gasteiger partial charge in [0.25, 0.3) is 5.91 Å². The molecule has 0 bridgehead atoms. The van der Waals surface area contributed by atoms with Gasteiger partial charge in [0.1, 0.15) is 5.69 Å². The third-order valence-electron chi connectivity index (χ3n) is 4.32. The van der Waals surface area contributed by atoms with Crippen molar-refractivity contribution in [3.63, 3.8) is 0 Å². The predicted octanol–water partition coefficient (Wildman–Crippen LogP) is 2.50. The molecule has 7 heteroatoms. The van der Waals surface area contributed by atoms with Gasteiger partial charge in [0.2, 0.25) is 0 Å². The average molecular weight is 337 g/mol. The summed E-state index contributed by atoms with van der Waals surface area (Å²) in [6.45, 7) is 1.42. The van der Waals surface area contributed by atoms with Crippen LogP contribution in [0.1, 0.15) is 23.0 Å². The van der Waals surface area contributed by atoms with Crippen LogP contribution < -0.4 is 5.32 Å². The number of aromatic nitrogens is 4. The van der Waals surface area contributed by atoms with Gasteiger partial charge in [-0.05, 0) is 12.5 Å². The summed E-state index contributed by atoms with van der Waals surface area (Å²) in [5.41, 5.74) is 2.91.